The predicted molar refractivity (Wildman–Crippen MR) is 74.9 cm³/mol. The van der Waals surface area contributed by atoms with Gasteiger partial charge in [-0.05, 0) is 31.9 Å². The molecule has 1 aliphatic heterocycles. The van der Waals surface area contributed by atoms with Gasteiger partial charge in [0.1, 0.15) is 0 Å². The molecule has 1 aromatic carbocycles. The first-order valence-electron chi connectivity index (χ1n) is 6.39. The molecule has 0 N–H and O–H groups in total. The van der Waals surface area contributed by atoms with Crippen LogP contribution in [-0.4, -0.2) is 24.0 Å². The zero-order chi connectivity index (χ0) is 12.1. The van der Waals surface area contributed by atoms with Gasteiger partial charge in [-0.1, -0.05) is 48.6 Å². The van der Waals surface area contributed by atoms with Gasteiger partial charge >= 0.3 is 0 Å². The van der Waals surface area contributed by atoms with E-state index in [1.54, 1.807) is 0 Å². The summed E-state index contributed by atoms with van der Waals surface area (Å²) in [5.41, 5.74) is 1.28. The van der Waals surface area contributed by atoms with Crippen LogP contribution in [-0.2, 0) is 0 Å². The smallest absolute Gasteiger partial charge is 0.0284 e. The molecular formula is C16H21N. The maximum absolute atomic E-state index is 3.92. The lowest BCUT2D eigenvalue weighted by Gasteiger charge is -2.36. The first-order chi connectivity index (χ1) is 8.31. The molecule has 1 aromatic rings. The number of benzene rings is 1. The van der Waals surface area contributed by atoms with E-state index in [0.29, 0.717) is 12.1 Å². The molecule has 2 atom stereocenters. The van der Waals surface area contributed by atoms with Gasteiger partial charge in [-0.2, -0.15) is 0 Å². The molecule has 0 unspecified atom stereocenters. The van der Waals surface area contributed by atoms with Crippen LogP contribution in [0.15, 0.2) is 49.1 Å². The Kier molecular flexibility index (Phi) is 4.16. The highest BCUT2D eigenvalue weighted by molar-refractivity contribution is 5.49. The molecule has 0 saturated carbocycles. The highest BCUT2D eigenvalue weighted by Gasteiger charge is 2.23. The molecule has 0 aromatic heterocycles. The Labute approximate surface area is 104 Å². The van der Waals surface area contributed by atoms with E-state index in [-0.39, 0.29) is 0 Å². The predicted octanol–water partition coefficient (Wildman–Crippen LogP) is 3.74. The van der Waals surface area contributed by atoms with Gasteiger partial charge in [0.15, 0.2) is 0 Å². The molecule has 1 nitrogen and oxygen atoms in total. The van der Waals surface area contributed by atoms with Crippen molar-refractivity contribution in [1.29, 1.82) is 0 Å². The highest BCUT2D eigenvalue weighted by Crippen LogP contribution is 2.23. The van der Waals surface area contributed by atoms with Crippen LogP contribution in [0.1, 0.15) is 24.8 Å². The zero-order valence-corrected chi connectivity index (χ0v) is 10.5. The van der Waals surface area contributed by atoms with Crippen LogP contribution >= 0.6 is 0 Å². The first kappa shape index (κ1) is 12.1. The molecule has 2 rings (SSSR count). The van der Waals surface area contributed by atoms with E-state index in [9.17, 15) is 0 Å². The lowest BCUT2D eigenvalue weighted by Crippen LogP contribution is -2.41. The summed E-state index contributed by atoms with van der Waals surface area (Å²) >= 11 is 0. The van der Waals surface area contributed by atoms with Crippen molar-refractivity contribution in [2.45, 2.75) is 31.3 Å². The Morgan fingerprint density at radius 1 is 1.18 bits per heavy atom. The fraction of sp³-hybridized carbons (Fsp3) is 0.375. The van der Waals surface area contributed by atoms with Crippen LogP contribution in [0.4, 0.5) is 0 Å². The van der Waals surface area contributed by atoms with E-state index < -0.39 is 0 Å². The molecule has 1 heterocycles. The van der Waals surface area contributed by atoms with Gasteiger partial charge < -0.3 is 0 Å². The second kappa shape index (κ2) is 5.83. The Hall–Kier alpha value is -1.34. The van der Waals surface area contributed by atoms with Crippen molar-refractivity contribution in [2.75, 3.05) is 7.05 Å². The van der Waals surface area contributed by atoms with Crippen LogP contribution in [0.5, 0.6) is 0 Å². The standard InChI is InChI=1S/C16H21N/c1-3-15-10-7-11-16(17(15)2)13-12-14-8-5-4-6-9-14/h3-6,8-9,12-13,15-16H,1,7,10-11H2,2H3/b13-12+/t15-,16-/m0/s1. The number of likely N-dealkylation sites (tertiary alicyclic amines) is 1. The Balaban J connectivity index is 2.03. The average molecular weight is 227 g/mol. The number of nitrogens with zero attached hydrogens (tertiary/aromatic N) is 1. The molecule has 0 spiro atoms. The van der Waals surface area contributed by atoms with Crippen LogP contribution in [0, 0.1) is 0 Å². The highest BCUT2D eigenvalue weighted by atomic mass is 15.2. The number of piperidine rings is 1. The molecule has 1 aliphatic rings. The fourth-order valence-corrected chi connectivity index (χ4v) is 2.49. The van der Waals surface area contributed by atoms with Gasteiger partial charge in [-0.3, -0.25) is 4.90 Å². The summed E-state index contributed by atoms with van der Waals surface area (Å²) in [6.45, 7) is 3.92. The zero-order valence-electron chi connectivity index (χ0n) is 10.5. The van der Waals surface area contributed by atoms with Gasteiger partial charge in [0, 0.05) is 12.1 Å². The normalized spacial score (nSPS) is 26.2. The lowest BCUT2D eigenvalue weighted by molar-refractivity contribution is 0.175. The summed E-state index contributed by atoms with van der Waals surface area (Å²) in [7, 11) is 2.20. The van der Waals surface area contributed by atoms with E-state index >= 15 is 0 Å². The van der Waals surface area contributed by atoms with Crippen molar-refractivity contribution in [3.8, 4) is 0 Å². The van der Waals surface area contributed by atoms with Gasteiger partial charge in [0.05, 0.1) is 0 Å². The molecule has 90 valence electrons. The third-order valence-electron chi connectivity index (χ3n) is 3.63. The summed E-state index contributed by atoms with van der Waals surface area (Å²) in [4.78, 5) is 2.43. The van der Waals surface area contributed by atoms with Crippen molar-refractivity contribution in [2.24, 2.45) is 0 Å². The van der Waals surface area contributed by atoms with Crippen LogP contribution in [0.3, 0.4) is 0 Å². The SMILES string of the molecule is C=C[C@H]1CCC[C@@H](/C=C/c2ccccc2)N1C. The van der Waals surface area contributed by atoms with Gasteiger partial charge in [0.25, 0.3) is 0 Å². The molecular weight excluding hydrogens is 206 g/mol. The van der Waals surface area contributed by atoms with E-state index in [1.807, 2.05) is 0 Å². The number of rotatable bonds is 3. The molecule has 0 amide bonds. The largest absolute Gasteiger partial charge is 0.294 e. The average Bonchev–Trinajstić information content (AvgIpc) is 2.39. The Bertz CT molecular complexity index is 380. The van der Waals surface area contributed by atoms with Crippen molar-refractivity contribution in [3.63, 3.8) is 0 Å². The van der Waals surface area contributed by atoms with Crippen molar-refractivity contribution in [3.05, 3.63) is 54.6 Å². The molecule has 1 heteroatoms. The molecule has 0 radical (unpaired) electrons. The maximum atomic E-state index is 3.92. The fourth-order valence-electron chi connectivity index (χ4n) is 2.49. The third-order valence-corrected chi connectivity index (χ3v) is 3.63. The molecule has 0 bridgehead atoms. The maximum Gasteiger partial charge on any atom is 0.0284 e. The Morgan fingerprint density at radius 2 is 1.88 bits per heavy atom. The van der Waals surface area contributed by atoms with Gasteiger partial charge in [-0.15, -0.1) is 6.58 Å². The quantitative estimate of drug-likeness (QED) is 0.711. The number of hydrogen-bond donors (Lipinski definition) is 0. The third kappa shape index (κ3) is 3.07. The summed E-state index contributed by atoms with van der Waals surface area (Å²) in [5, 5.41) is 0. The van der Waals surface area contributed by atoms with E-state index in [4.69, 9.17) is 0 Å². The van der Waals surface area contributed by atoms with Crippen molar-refractivity contribution < 1.29 is 0 Å². The van der Waals surface area contributed by atoms with Gasteiger partial charge in [0.2, 0.25) is 0 Å². The lowest BCUT2D eigenvalue weighted by atomic mass is 9.95. The second-order valence-corrected chi connectivity index (χ2v) is 4.74. The summed E-state index contributed by atoms with van der Waals surface area (Å²) in [5.74, 6) is 0. The van der Waals surface area contributed by atoms with Crippen molar-refractivity contribution >= 4 is 6.08 Å². The van der Waals surface area contributed by atoms with Crippen molar-refractivity contribution in [1.82, 2.24) is 4.90 Å². The molecule has 0 aliphatic carbocycles. The van der Waals surface area contributed by atoms with Gasteiger partial charge in [-0.25, -0.2) is 0 Å². The summed E-state index contributed by atoms with van der Waals surface area (Å²) in [6.07, 6.45) is 10.4. The number of hydrogen-bond acceptors (Lipinski definition) is 1. The van der Waals surface area contributed by atoms with Crippen LogP contribution in [0.25, 0.3) is 6.08 Å². The minimum atomic E-state index is 0.536. The molecule has 1 saturated heterocycles. The second-order valence-electron chi connectivity index (χ2n) is 4.74. The molecule has 17 heavy (non-hydrogen) atoms. The number of likely N-dealkylation sites (N-methyl/N-ethyl adjacent to an activating group) is 1. The minimum Gasteiger partial charge on any atom is -0.294 e. The molecule has 1 fully saturated rings. The van der Waals surface area contributed by atoms with Crippen LogP contribution in [0.2, 0.25) is 0 Å². The summed E-state index contributed by atoms with van der Waals surface area (Å²) < 4.78 is 0. The Morgan fingerprint density at radius 3 is 2.59 bits per heavy atom. The van der Waals surface area contributed by atoms with E-state index in [0.717, 1.165) is 0 Å². The summed E-state index contributed by atoms with van der Waals surface area (Å²) in [6, 6.07) is 11.6. The topological polar surface area (TPSA) is 3.24 Å². The minimum absolute atomic E-state index is 0.536. The van der Waals surface area contributed by atoms with E-state index in [2.05, 4.69) is 67.1 Å². The monoisotopic (exact) mass is 227 g/mol. The first-order valence-corrected chi connectivity index (χ1v) is 6.39. The van der Waals surface area contributed by atoms with Crippen LogP contribution < -0.4 is 0 Å². The van der Waals surface area contributed by atoms with E-state index in [1.165, 1.54) is 24.8 Å².